The molecule has 0 amide bonds. The molecule has 106 valence electrons. The van der Waals surface area contributed by atoms with Crippen LogP contribution in [0.25, 0.3) is 0 Å². The van der Waals surface area contributed by atoms with E-state index in [1.165, 1.54) is 57.3 Å². The lowest BCUT2D eigenvalue weighted by atomic mass is 9.84. The normalized spacial score (nSPS) is 24.9. The Morgan fingerprint density at radius 1 is 1.32 bits per heavy atom. The highest BCUT2D eigenvalue weighted by molar-refractivity contribution is 7.09. The zero-order valence-electron chi connectivity index (χ0n) is 11.9. The first-order chi connectivity index (χ1) is 9.21. The summed E-state index contributed by atoms with van der Waals surface area (Å²) in [5.41, 5.74) is 8.12. The predicted octanol–water partition coefficient (Wildman–Crippen LogP) is 2.73. The van der Waals surface area contributed by atoms with Crippen molar-refractivity contribution in [3.05, 3.63) is 16.1 Å². The molecule has 19 heavy (non-hydrogen) atoms. The van der Waals surface area contributed by atoms with Gasteiger partial charge in [-0.15, -0.1) is 11.3 Å². The van der Waals surface area contributed by atoms with Crippen molar-refractivity contribution in [2.24, 2.45) is 5.73 Å². The first kappa shape index (κ1) is 13.5. The zero-order chi connectivity index (χ0) is 13.3. The molecule has 1 aromatic heterocycles. The highest BCUT2D eigenvalue weighted by Crippen LogP contribution is 2.40. The van der Waals surface area contributed by atoms with Crippen LogP contribution in [0.2, 0.25) is 0 Å². The number of hydrogen-bond acceptors (Lipinski definition) is 4. The van der Waals surface area contributed by atoms with Crippen LogP contribution in [0.4, 0.5) is 0 Å². The SMILES string of the molecule is Cc1nc(CC(N)C2(N3CCCC3)CCCC2)cs1. The topological polar surface area (TPSA) is 42.1 Å². The first-order valence-corrected chi connectivity index (χ1v) is 8.50. The Bertz CT molecular complexity index is 417. The van der Waals surface area contributed by atoms with Gasteiger partial charge in [-0.3, -0.25) is 4.90 Å². The van der Waals surface area contributed by atoms with Crippen molar-refractivity contribution in [3.8, 4) is 0 Å². The summed E-state index contributed by atoms with van der Waals surface area (Å²) in [5, 5.41) is 3.34. The molecule has 3 nitrogen and oxygen atoms in total. The van der Waals surface area contributed by atoms with Crippen LogP contribution in [-0.4, -0.2) is 34.6 Å². The molecule has 0 spiro atoms. The fourth-order valence-corrected chi connectivity index (χ4v) is 4.61. The molecule has 1 aliphatic carbocycles. The van der Waals surface area contributed by atoms with Crippen molar-refractivity contribution in [2.75, 3.05) is 13.1 Å². The average molecular weight is 279 g/mol. The van der Waals surface area contributed by atoms with Crippen LogP contribution in [0, 0.1) is 6.92 Å². The molecule has 2 aliphatic rings. The van der Waals surface area contributed by atoms with Gasteiger partial charge < -0.3 is 5.73 Å². The van der Waals surface area contributed by atoms with Crippen LogP contribution in [0.1, 0.15) is 49.2 Å². The van der Waals surface area contributed by atoms with E-state index in [4.69, 9.17) is 5.73 Å². The molecule has 1 saturated carbocycles. The van der Waals surface area contributed by atoms with Crippen LogP contribution in [0.5, 0.6) is 0 Å². The van der Waals surface area contributed by atoms with E-state index in [9.17, 15) is 0 Å². The average Bonchev–Trinajstić information content (AvgIpc) is 3.09. The van der Waals surface area contributed by atoms with Crippen LogP contribution >= 0.6 is 11.3 Å². The minimum atomic E-state index is 0.245. The van der Waals surface area contributed by atoms with Gasteiger partial charge in [-0.2, -0.15) is 0 Å². The van der Waals surface area contributed by atoms with Crippen molar-refractivity contribution in [2.45, 2.75) is 63.5 Å². The van der Waals surface area contributed by atoms with E-state index in [0.717, 1.165) is 11.4 Å². The molecule has 1 unspecified atom stereocenters. The molecule has 2 heterocycles. The minimum absolute atomic E-state index is 0.245. The van der Waals surface area contributed by atoms with Gasteiger partial charge in [0.1, 0.15) is 0 Å². The second-order valence-electron chi connectivity index (χ2n) is 6.17. The number of nitrogens with zero attached hydrogens (tertiary/aromatic N) is 2. The van der Waals surface area contributed by atoms with E-state index in [1.54, 1.807) is 11.3 Å². The molecular weight excluding hydrogens is 254 g/mol. The minimum Gasteiger partial charge on any atom is -0.326 e. The fraction of sp³-hybridized carbons (Fsp3) is 0.800. The summed E-state index contributed by atoms with van der Waals surface area (Å²) in [7, 11) is 0. The summed E-state index contributed by atoms with van der Waals surface area (Å²) in [6, 6.07) is 0.245. The Labute approximate surface area is 120 Å². The molecule has 1 saturated heterocycles. The first-order valence-electron chi connectivity index (χ1n) is 7.62. The molecule has 3 rings (SSSR count). The molecule has 0 bridgehead atoms. The Hall–Kier alpha value is -0.450. The van der Waals surface area contributed by atoms with E-state index in [-0.39, 0.29) is 11.6 Å². The molecule has 2 N–H and O–H groups in total. The third kappa shape index (κ3) is 2.58. The highest BCUT2D eigenvalue weighted by Gasteiger charge is 2.45. The third-order valence-electron chi connectivity index (χ3n) is 4.99. The third-order valence-corrected chi connectivity index (χ3v) is 5.81. The largest absolute Gasteiger partial charge is 0.326 e. The predicted molar refractivity (Wildman–Crippen MR) is 80.5 cm³/mol. The Morgan fingerprint density at radius 3 is 2.58 bits per heavy atom. The molecule has 1 atom stereocenters. The van der Waals surface area contributed by atoms with Gasteiger partial charge in [0.2, 0.25) is 0 Å². The Morgan fingerprint density at radius 2 is 2.00 bits per heavy atom. The maximum atomic E-state index is 6.66. The summed E-state index contributed by atoms with van der Waals surface area (Å²) in [6.07, 6.45) is 8.92. The van der Waals surface area contributed by atoms with Crippen LogP contribution in [-0.2, 0) is 6.42 Å². The van der Waals surface area contributed by atoms with Gasteiger partial charge in [0.15, 0.2) is 0 Å². The molecule has 0 aromatic carbocycles. The molecule has 4 heteroatoms. The maximum Gasteiger partial charge on any atom is 0.0897 e. The van der Waals surface area contributed by atoms with Gasteiger partial charge in [0.05, 0.1) is 10.7 Å². The van der Waals surface area contributed by atoms with Crippen molar-refractivity contribution in [3.63, 3.8) is 0 Å². The van der Waals surface area contributed by atoms with Crippen LogP contribution < -0.4 is 5.73 Å². The van der Waals surface area contributed by atoms with E-state index in [1.807, 2.05) is 0 Å². The van der Waals surface area contributed by atoms with Crippen molar-refractivity contribution in [1.82, 2.24) is 9.88 Å². The number of thiazole rings is 1. The number of likely N-dealkylation sites (tertiary alicyclic amines) is 1. The molecule has 0 radical (unpaired) electrons. The summed E-state index contributed by atoms with van der Waals surface area (Å²) >= 11 is 1.74. The number of rotatable bonds is 4. The van der Waals surface area contributed by atoms with Crippen molar-refractivity contribution in [1.29, 1.82) is 0 Å². The summed E-state index contributed by atoms with van der Waals surface area (Å²) in [6.45, 7) is 4.58. The van der Waals surface area contributed by atoms with Gasteiger partial charge in [-0.25, -0.2) is 4.98 Å². The fourth-order valence-electron chi connectivity index (χ4n) is 3.99. The van der Waals surface area contributed by atoms with Crippen LogP contribution in [0.15, 0.2) is 5.38 Å². The van der Waals surface area contributed by atoms with Gasteiger partial charge in [-0.1, -0.05) is 12.8 Å². The summed E-state index contributed by atoms with van der Waals surface area (Å²) in [4.78, 5) is 7.30. The lowest BCUT2D eigenvalue weighted by molar-refractivity contribution is 0.0918. The Kier molecular flexibility index (Phi) is 3.92. The molecule has 2 fully saturated rings. The van der Waals surface area contributed by atoms with Gasteiger partial charge in [0.25, 0.3) is 0 Å². The second kappa shape index (κ2) is 5.51. The van der Waals surface area contributed by atoms with E-state index >= 15 is 0 Å². The lowest BCUT2D eigenvalue weighted by Gasteiger charge is -2.43. The van der Waals surface area contributed by atoms with Crippen LogP contribution in [0.3, 0.4) is 0 Å². The quantitative estimate of drug-likeness (QED) is 0.921. The van der Waals surface area contributed by atoms with Crippen molar-refractivity contribution >= 4 is 11.3 Å². The van der Waals surface area contributed by atoms with Crippen molar-refractivity contribution < 1.29 is 0 Å². The summed E-state index contributed by atoms with van der Waals surface area (Å²) < 4.78 is 0. The van der Waals surface area contributed by atoms with E-state index in [0.29, 0.717) is 0 Å². The standard InChI is InChI=1S/C15H25N3S/c1-12-17-13(11-19-12)10-14(16)15(6-2-3-7-15)18-8-4-5-9-18/h11,14H,2-10,16H2,1H3. The molecular formula is C15H25N3S. The van der Waals surface area contributed by atoms with E-state index in [2.05, 4.69) is 22.2 Å². The molecule has 1 aromatic rings. The Balaban J connectivity index is 1.75. The second-order valence-corrected chi connectivity index (χ2v) is 7.24. The highest BCUT2D eigenvalue weighted by atomic mass is 32.1. The zero-order valence-corrected chi connectivity index (χ0v) is 12.7. The maximum absolute atomic E-state index is 6.66. The number of hydrogen-bond donors (Lipinski definition) is 1. The van der Waals surface area contributed by atoms with Gasteiger partial charge in [-0.05, 0) is 45.7 Å². The number of nitrogens with two attached hydrogens (primary N) is 1. The summed E-state index contributed by atoms with van der Waals surface area (Å²) in [5.74, 6) is 0. The smallest absolute Gasteiger partial charge is 0.0897 e. The number of aryl methyl sites for hydroxylation is 1. The lowest BCUT2D eigenvalue weighted by Crippen LogP contribution is -2.58. The van der Waals surface area contributed by atoms with E-state index < -0.39 is 0 Å². The molecule has 1 aliphatic heterocycles. The number of aromatic nitrogens is 1. The monoisotopic (exact) mass is 279 g/mol. The van der Waals surface area contributed by atoms with Gasteiger partial charge in [0, 0.05) is 23.4 Å². The van der Waals surface area contributed by atoms with Gasteiger partial charge >= 0.3 is 0 Å².